The highest BCUT2D eigenvalue weighted by Gasteiger charge is 2.20. The zero-order chi connectivity index (χ0) is 14.0. The van der Waals surface area contributed by atoms with Gasteiger partial charge in [0, 0.05) is 6.54 Å². The molecule has 1 unspecified atom stereocenters. The number of carbonyl (C=O) groups is 2. The first-order valence-corrected chi connectivity index (χ1v) is 5.68. The fraction of sp³-hybridized carbons (Fsp3) is 0.250. The van der Waals surface area contributed by atoms with Crippen molar-refractivity contribution in [1.29, 1.82) is 0 Å². The Bertz CT molecular complexity index is 635. The van der Waals surface area contributed by atoms with E-state index in [9.17, 15) is 9.59 Å². The van der Waals surface area contributed by atoms with Crippen LogP contribution in [0.5, 0.6) is 0 Å². The molecule has 2 aromatic rings. The first-order chi connectivity index (χ1) is 8.97. The monoisotopic (exact) mass is 262 g/mol. The zero-order valence-corrected chi connectivity index (χ0v) is 10.3. The number of aliphatic carboxylic acids is 1. The number of fused-ring (bicyclic) bond motifs is 1. The van der Waals surface area contributed by atoms with Gasteiger partial charge in [-0.2, -0.15) is 0 Å². The SMILES string of the molecule is Cc1nc2ccc(CNC(=O)C(N)C(=O)O)cc2[nH]1. The van der Waals surface area contributed by atoms with Crippen molar-refractivity contribution in [3.8, 4) is 0 Å². The van der Waals surface area contributed by atoms with Crippen LogP contribution in [0.25, 0.3) is 11.0 Å². The van der Waals surface area contributed by atoms with E-state index < -0.39 is 17.9 Å². The van der Waals surface area contributed by atoms with E-state index in [1.165, 1.54) is 0 Å². The first-order valence-electron chi connectivity index (χ1n) is 5.68. The number of hydrogen-bond acceptors (Lipinski definition) is 4. The Balaban J connectivity index is 2.05. The summed E-state index contributed by atoms with van der Waals surface area (Å²) < 4.78 is 0. The minimum Gasteiger partial charge on any atom is -0.480 e. The van der Waals surface area contributed by atoms with Gasteiger partial charge in [-0.1, -0.05) is 6.07 Å². The van der Waals surface area contributed by atoms with Crippen molar-refractivity contribution < 1.29 is 14.7 Å². The molecule has 0 spiro atoms. The van der Waals surface area contributed by atoms with Crippen molar-refractivity contribution in [2.45, 2.75) is 19.5 Å². The van der Waals surface area contributed by atoms with Gasteiger partial charge in [-0.25, -0.2) is 9.78 Å². The number of aromatic nitrogens is 2. The van der Waals surface area contributed by atoms with Crippen LogP contribution >= 0.6 is 0 Å². The van der Waals surface area contributed by atoms with Crippen molar-refractivity contribution >= 4 is 22.9 Å². The van der Waals surface area contributed by atoms with Crippen molar-refractivity contribution in [2.24, 2.45) is 5.73 Å². The number of nitrogens with zero attached hydrogens (tertiary/aromatic N) is 1. The van der Waals surface area contributed by atoms with Crippen LogP contribution in [0.1, 0.15) is 11.4 Å². The average molecular weight is 262 g/mol. The van der Waals surface area contributed by atoms with E-state index in [1.807, 2.05) is 25.1 Å². The van der Waals surface area contributed by atoms with Crippen LogP contribution in [0, 0.1) is 6.92 Å². The molecule has 19 heavy (non-hydrogen) atoms. The lowest BCUT2D eigenvalue weighted by molar-refractivity contribution is -0.142. The van der Waals surface area contributed by atoms with Crippen molar-refractivity contribution in [3.63, 3.8) is 0 Å². The number of amides is 1. The Kier molecular flexibility index (Phi) is 3.48. The number of hydrogen-bond donors (Lipinski definition) is 4. The molecule has 0 aliphatic rings. The lowest BCUT2D eigenvalue weighted by Gasteiger charge is -2.08. The largest absolute Gasteiger partial charge is 0.480 e. The Morgan fingerprint density at radius 1 is 1.53 bits per heavy atom. The lowest BCUT2D eigenvalue weighted by Crippen LogP contribution is -2.45. The molecular formula is C12H14N4O3. The molecule has 100 valence electrons. The molecule has 7 heteroatoms. The van der Waals surface area contributed by atoms with Gasteiger partial charge in [0.2, 0.25) is 5.91 Å². The maximum Gasteiger partial charge on any atom is 0.330 e. The summed E-state index contributed by atoms with van der Waals surface area (Å²) in [4.78, 5) is 29.3. The third-order valence-electron chi connectivity index (χ3n) is 2.68. The molecular weight excluding hydrogens is 248 g/mol. The highest BCUT2D eigenvalue weighted by atomic mass is 16.4. The van der Waals surface area contributed by atoms with Crippen LogP contribution in [0.15, 0.2) is 18.2 Å². The van der Waals surface area contributed by atoms with Crippen LogP contribution in [0.4, 0.5) is 0 Å². The summed E-state index contributed by atoms with van der Waals surface area (Å²) in [5, 5.41) is 11.1. The van der Waals surface area contributed by atoms with Gasteiger partial charge >= 0.3 is 5.97 Å². The Labute approximate surface area is 108 Å². The molecule has 5 N–H and O–H groups in total. The molecule has 1 atom stereocenters. The maximum absolute atomic E-state index is 11.4. The fourth-order valence-electron chi connectivity index (χ4n) is 1.71. The topological polar surface area (TPSA) is 121 Å². The lowest BCUT2D eigenvalue weighted by atomic mass is 10.2. The molecule has 0 saturated heterocycles. The van der Waals surface area contributed by atoms with Crippen LogP contribution < -0.4 is 11.1 Å². The molecule has 2 rings (SSSR count). The number of H-pyrrole nitrogens is 1. The number of carboxylic acids is 1. The molecule has 0 saturated carbocycles. The van der Waals surface area contributed by atoms with E-state index >= 15 is 0 Å². The summed E-state index contributed by atoms with van der Waals surface area (Å²) in [7, 11) is 0. The van der Waals surface area contributed by atoms with E-state index in [0.29, 0.717) is 0 Å². The van der Waals surface area contributed by atoms with Crippen molar-refractivity contribution in [2.75, 3.05) is 0 Å². The van der Waals surface area contributed by atoms with Crippen molar-refractivity contribution in [1.82, 2.24) is 15.3 Å². The highest BCUT2D eigenvalue weighted by molar-refractivity contribution is 6.00. The molecule has 0 bridgehead atoms. The summed E-state index contributed by atoms with van der Waals surface area (Å²) in [5.74, 6) is -1.25. The van der Waals surface area contributed by atoms with Gasteiger partial charge < -0.3 is 21.1 Å². The number of aromatic amines is 1. The maximum atomic E-state index is 11.4. The third kappa shape index (κ3) is 2.89. The number of aryl methyl sites for hydroxylation is 1. The Morgan fingerprint density at radius 2 is 2.26 bits per heavy atom. The molecule has 0 fully saturated rings. The zero-order valence-electron chi connectivity index (χ0n) is 10.3. The van der Waals surface area contributed by atoms with Crippen LogP contribution in [0.2, 0.25) is 0 Å². The van der Waals surface area contributed by atoms with E-state index in [1.54, 1.807) is 0 Å². The number of rotatable bonds is 4. The normalized spacial score (nSPS) is 12.3. The third-order valence-corrected chi connectivity index (χ3v) is 2.68. The van der Waals surface area contributed by atoms with Gasteiger partial charge in [0.25, 0.3) is 0 Å². The van der Waals surface area contributed by atoms with E-state index in [4.69, 9.17) is 10.8 Å². The van der Waals surface area contributed by atoms with Crippen LogP contribution in [-0.2, 0) is 16.1 Å². The number of nitrogens with two attached hydrogens (primary N) is 1. The van der Waals surface area contributed by atoms with E-state index in [-0.39, 0.29) is 6.54 Å². The van der Waals surface area contributed by atoms with Crippen LogP contribution in [-0.4, -0.2) is 33.0 Å². The summed E-state index contributed by atoms with van der Waals surface area (Å²) in [6, 6.07) is 3.95. The van der Waals surface area contributed by atoms with Gasteiger partial charge in [0.05, 0.1) is 11.0 Å². The minimum atomic E-state index is -1.54. The second kappa shape index (κ2) is 5.07. The van der Waals surface area contributed by atoms with Crippen molar-refractivity contribution in [3.05, 3.63) is 29.6 Å². The minimum absolute atomic E-state index is 0.216. The summed E-state index contributed by atoms with van der Waals surface area (Å²) in [5.41, 5.74) is 7.74. The molecule has 7 nitrogen and oxygen atoms in total. The van der Waals surface area contributed by atoms with E-state index in [0.717, 1.165) is 22.4 Å². The van der Waals surface area contributed by atoms with Gasteiger partial charge in [-0.3, -0.25) is 4.79 Å². The van der Waals surface area contributed by atoms with Gasteiger partial charge in [-0.15, -0.1) is 0 Å². The predicted molar refractivity (Wildman–Crippen MR) is 68.3 cm³/mol. The Morgan fingerprint density at radius 3 is 2.95 bits per heavy atom. The van der Waals surface area contributed by atoms with Gasteiger partial charge in [-0.05, 0) is 24.6 Å². The molecule has 1 aromatic heterocycles. The molecule has 1 amide bonds. The number of carbonyl (C=O) groups excluding carboxylic acids is 1. The molecule has 0 aliphatic heterocycles. The Hall–Kier alpha value is -2.41. The summed E-state index contributed by atoms with van der Waals surface area (Å²) in [6.07, 6.45) is 0. The first kappa shape index (κ1) is 13.0. The summed E-state index contributed by atoms with van der Waals surface area (Å²) >= 11 is 0. The van der Waals surface area contributed by atoms with Crippen LogP contribution in [0.3, 0.4) is 0 Å². The molecule has 1 heterocycles. The summed E-state index contributed by atoms with van der Waals surface area (Å²) in [6.45, 7) is 2.07. The smallest absolute Gasteiger partial charge is 0.330 e. The standard InChI is InChI=1S/C12H14N4O3/c1-6-15-8-3-2-7(4-9(8)16-6)5-14-11(17)10(13)12(18)19/h2-4,10H,5,13H2,1H3,(H,14,17)(H,15,16)(H,18,19). The second-order valence-corrected chi connectivity index (χ2v) is 4.21. The molecule has 1 aromatic carbocycles. The predicted octanol–water partition coefficient (Wildman–Crippen LogP) is -0.101. The number of benzene rings is 1. The number of carboxylic acid groups (broad SMARTS) is 1. The quantitative estimate of drug-likeness (QED) is 0.573. The number of nitrogens with one attached hydrogen (secondary N) is 2. The number of imidazole rings is 1. The average Bonchev–Trinajstić information content (AvgIpc) is 2.74. The second-order valence-electron chi connectivity index (χ2n) is 4.21. The van der Waals surface area contributed by atoms with Gasteiger partial charge in [0.1, 0.15) is 5.82 Å². The molecule has 0 radical (unpaired) electrons. The molecule has 0 aliphatic carbocycles. The van der Waals surface area contributed by atoms with Gasteiger partial charge in [0.15, 0.2) is 6.04 Å². The highest BCUT2D eigenvalue weighted by Crippen LogP contribution is 2.13. The van der Waals surface area contributed by atoms with E-state index in [2.05, 4.69) is 15.3 Å². The fourth-order valence-corrected chi connectivity index (χ4v) is 1.71.